The second kappa shape index (κ2) is 13.7. The number of aromatic nitrogens is 3. The Balaban J connectivity index is 1.21. The Bertz CT molecular complexity index is 2130. The molecule has 2 atom stereocenters. The number of β-amino-alcohol motifs (C(OH)–C–C–N with tert-alkyl or cyclic N) is 1. The Morgan fingerprint density at radius 2 is 1.86 bits per heavy atom. The van der Waals surface area contributed by atoms with Gasteiger partial charge in [-0.05, 0) is 42.5 Å². The largest absolute Gasteiger partial charge is 0.481 e. The van der Waals surface area contributed by atoms with Gasteiger partial charge in [0.05, 0.1) is 47.1 Å². The van der Waals surface area contributed by atoms with E-state index >= 15 is 0 Å². The van der Waals surface area contributed by atoms with E-state index in [1.807, 2.05) is 36.4 Å². The zero-order valence-electron chi connectivity index (χ0n) is 26.5. The highest BCUT2D eigenvalue weighted by Crippen LogP contribution is 2.44. The number of fused-ring (bicyclic) bond motifs is 2. The molecule has 13 heteroatoms. The Hall–Kier alpha value is -4.57. The van der Waals surface area contributed by atoms with Crippen LogP contribution in [0.25, 0.3) is 44.9 Å². The summed E-state index contributed by atoms with van der Waals surface area (Å²) in [6.07, 6.45) is 3.49. The molecule has 0 amide bonds. The second-order valence-corrected chi connectivity index (χ2v) is 13.0. The van der Waals surface area contributed by atoms with Crippen LogP contribution in [0.3, 0.4) is 0 Å². The zero-order valence-corrected chi connectivity index (χ0v) is 28.1. The summed E-state index contributed by atoms with van der Waals surface area (Å²) in [5.74, 6) is -0.214. The molecular formula is C36H32Cl2N6O5. The van der Waals surface area contributed by atoms with Crippen molar-refractivity contribution < 1.29 is 24.2 Å². The topological polar surface area (TPSA) is 158 Å². The lowest BCUT2D eigenvalue weighted by Crippen LogP contribution is -2.22. The third-order valence-corrected chi connectivity index (χ3v) is 9.96. The second-order valence-electron chi connectivity index (χ2n) is 12.2. The van der Waals surface area contributed by atoms with Gasteiger partial charge in [-0.1, -0.05) is 53.5 Å². The van der Waals surface area contributed by atoms with Gasteiger partial charge in [0.1, 0.15) is 22.8 Å². The van der Waals surface area contributed by atoms with E-state index in [2.05, 4.69) is 21.3 Å². The van der Waals surface area contributed by atoms with Crippen LogP contribution in [0.4, 0.5) is 0 Å². The van der Waals surface area contributed by atoms with E-state index in [4.69, 9.17) is 47.4 Å². The number of nitrogens with zero attached hydrogens (tertiary/aromatic N) is 5. The highest BCUT2D eigenvalue weighted by Gasteiger charge is 2.29. The van der Waals surface area contributed by atoms with Gasteiger partial charge < -0.3 is 24.7 Å². The van der Waals surface area contributed by atoms with E-state index in [0.29, 0.717) is 92.3 Å². The number of benzene rings is 3. The number of carbonyl (C=O) groups is 1. The van der Waals surface area contributed by atoms with Crippen LogP contribution >= 0.6 is 23.2 Å². The van der Waals surface area contributed by atoms with Gasteiger partial charge in [-0.25, -0.2) is 9.97 Å². The van der Waals surface area contributed by atoms with Crippen molar-refractivity contribution in [2.75, 3.05) is 26.7 Å². The van der Waals surface area contributed by atoms with Crippen LogP contribution in [-0.4, -0.2) is 68.9 Å². The number of aliphatic hydroxyl groups excluding tert-OH is 1. The first kappa shape index (κ1) is 33.0. The van der Waals surface area contributed by atoms with Crippen molar-refractivity contribution in [3.8, 4) is 45.8 Å². The highest BCUT2D eigenvalue weighted by atomic mass is 35.5. The third kappa shape index (κ3) is 6.34. The highest BCUT2D eigenvalue weighted by molar-refractivity contribution is 6.39. The number of nitriles is 1. The minimum absolute atomic E-state index is 0.00816. The number of hydrogen-bond acceptors (Lipinski definition) is 10. The van der Waals surface area contributed by atoms with Crippen LogP contribution in [0.5, 0.6) is 5.88 Å². The number of aliphatic hydroxyl groups is 1. The molecule has 0 bridgehead atoms. The maximum Gasteiger partial charge on any atom is 0.304 e. The first-order valence-electron chi connectivity index (χ1n) is 16.0. The van der Waals surface area contributed by atoms with E-state index in [-0.39, 0.29) is 24.5 Å². The summed E-state index contributed by atoms with van der Waals surface area (Å²) in [5, 5.41) is 33.2. The van der Waals surface area contributed by atoms with Crippen molar-refractivity contribution in [3.05, 3.63) is 81.1 Å². The summed E-state index contributed by atoms with van der Waals surface area (Å²) < 4.78 is 11.8. The van der Waals surface area contributed by atoms with Gasteiger partial charge in [0.15, 0.2) is 5.58 Å². The monoisotopic (exact) mass is 698 g/mol. The van der Waals surface area contributed by atoms with Gasteiger partial charge in [0, 0.05) is 48.9 Å². The number of carboxylic acid groups (broad SMARTS) is 1. The maximum atomic E-state index is 11.0. The number of nitrogens with one attached hydrogen (secondary N) is 1. The van der Waals surface area contributed by atoms with Crippen LogP contribution in [0.1, 0.15) is 47.7 Å². The molecule has 1 aliphatic heterocycles. The lowest BCUT2D eigenvalue weighted by molar-refractivity contribution is -0.136. The van der Waals surface area contributed by atoms with Crippen molar-refractivity contribution in [2.45, 2.75) is 44.4 Å². The molecule has 0 radical (unpaired) electrons. The number of ether oxygens (including phenoxy) is 1. The number of halogens is 2. The van der Waals surface area contributed by atoms with Crippen molar-refractivity contribution in [1.29, 1.82) is 5.26 Å². The van der Waals surface area contributed by atoms with Gasteiger partial charge >= 0.3 is 5.97 Å². The molecule has 1 aliphatic carbocycles. The predicted octanol–water partition coefficient (Wildman–Crippen LogP) is 6.42. The molecule has 0 spiro atoms. The molecule has 0 unspecified atom stereocenters. The van der Waals surface area contributed by atoms with E-state index in [1.54, 1.807) is 19.4 Å². The Morgan fingerprint density at radius 3 is 2.55 bits per heavy atom. The summed E-state index contributed by atoms with van der Waals surface area (Å²) in [5.41, 5.74) is 6.88. The third-order valence-electron chi connectivity index (χ3n) is 9.14. The van der Waals surface area contributed by atoms with Crippen LogP contribution in [-0.2, 0) is 17.8 Å². The lowest BCUT2D eigenvalue weighted by atomic mass is 9.99. The van der Waals surface area contributed by atoms with Gasteiger partial charge in [-0.2, -0.15) is 5.26 Å². The van der Waals surface area contributed by atoms with Crippen molar-refractivity contribution >= 4 is 40.3 Å². The first-order valence-corrected chi connectivity index (χ1v) is 16.7. The average molecular weight is 700 g/mol. The molecule has 3 N–H and O–H groups in total. The van der Waals surface area contributed by atoms with E-state index in [1.165, 1.54) is 0 Å². The smallest absolute Gasteiger partial charge is 0.304 e. The number of oxazole rings is 1. The lowest BCUT2D eigenvalue weighted by Gasteiger charge is -2.17. The predicted molar refractivity (Wildman–Crippen MR) is 184 cm³/mol. The van der Waals surface area contributed by atoms with Gasteiger partial charge in [0.2, 0.25) is 11.8 Å². The Kier molecular flexibility index (Phi) is 9.24. The molecule has 5 aromatic rings. The zero-order chi connectivity index (χ0) is 34.2. The molecule has 2 aromatic heterocycles. The van der Waals surface area contributed by atoms with Crippen LogP contribution < -0.4 is 10.1 Å². The fourth-order valence-corrected chi connectivity index (χ4v) is 7.39. The molecule has 250 valence electrons. The van der Waals surface area contributed by atoms with Crippen LogP contribution in [0.15, 0.2) is 53.1 Å². The Morgan fingerprint density at radius 1 is 1.12 bits per heavy atom. The van der Waals surface area contributed by atoms with Crippen LogP contribution in [0.2, 0.25) is 10.0 Å². The fourth-order valence-electron chi connectivity index (χ4n) is 6.76. The molecule has 3 aromatic carbocycles. The maximum absolute atomic E-state index is 11.0. The molecule has 11 nitrogen and oxygen atoms in total. The standard InChI is InChI=1S/C36H32Cl2N6O5/c1-48-36-30(18-44-13-11-19(45)17-44)41-16-29(43-36)23-6-2-4-21(32(23)37)22-5-3-7-24(33(22)38)35-42-28-14-25-20(26(15-39)34(28)49-35)8-9-27(25)40-12-10-31(46)47/h2-7,14,16,19,27,40,45H,8-13,17-18H2,1H3,(H,46,47)/t19-,27+/m1/s1. The average Bonchev–Trinajstić information content (AvgIpc) is 3.82. The van der Waals surface area contributed by atoms with Gasteiger partial charge in [-0.3, -0.25) is 14.7 Å². The summed E-state index contributed by atoms with van der Waals surface area (Å²) in [7, 11) is 1.55. The summed E-state index contributed by atoms with van der Waals surface area (Å²) in [6.45, 7) is 2.20. The normalized spacial score (nSPS) is 17.4. The molecule has 2 aliphatic rings. The number of carboxylic acids is 1. The number of methoxy groups -OCH3 is 1. The van der Waals surface area contributed by atoms with Crippen molar-refractivity contribution in [1.82, 2.24) is 25.2 Å². The molecule has 7 rings (SSSR count). The molecule has 1 fully saturated rings. The number of likely N-dealkylation sites (tertiary alicyclic amines) is 1. The fraction of sp³-hybridized carbons (Fsp3) is 0.306. The molecular weight excluding hydrogens is 667 g/mol. The first-order chi connectivity index (χ1) is 23.7. The van der Waals surface area contributed by atoms with E-state index < -0.39 is 5.97 Å². The minimum atomic E-state index is -0.870. The number of aliphatic carboxylic acids is 1. The SMILES string of the molecule is COc1nc(-c2cccc(-c3cccc(-c4nc5cc6c(c(C#N)c5o4)CC[C@@H]6NCCC(=O)O)c3Cl)c2Cl)cnc1CN1CC[C@@H](O)C1. The molecule has 49 heavy (non-hydrogen) atoms. The summed E-state index contributed by atoms with van der Waals surface area (Å²) in [6, 6.07) is 15.2. The molecule has 3 heterocycles. The van der Waals surface area contributed by atoms with E-state index in [9.17, 15) is 15.2 Å². The molecule has 1 saturated heterocycles. The minimum Gasteiger partial charge on any atom is -0.481 e. The summed E-state index contributed by atoms with van der Waals surface area (Å²) >= 11 is 14.1. The van der Waals surface area contributed by atoms with Crippen LogP contribution in [0, 0.1) is 11.3 Å². The summed E-state index contributed by atoms with van der Waals surface area (Å²) in [4.78, 5) is 27.3. The number of hydrogen-bond donors (Lipinski definition) is 3. The van der Waals surface area contributed by atoms with E-state index in [0.717, 1.165) is 30.5 Å². The number of rotatable bonds is 10. The molecule has 0 saturated carbocycles. The van der Waals surface area contributed by atoms with Crippen molar-refractivity contribution in [2.24, 2.45) is 0 Å². The van der Waals surface area contributed by atoms with Gasteiger partial charge in [-0.15, -0.1) is 0 Å². The van der Waals surface area contributed by atoms with Gasteiger partial charge in [0.25, 0.3) is 0 Å². The quantitative estimate of drug-likeness (QED) is 0.148. The van der Waals surface area contributed by atoms with Crippen molar-refractivity contribution in [3.63, 3.8) is 0 Å². The Labute approximate surface area is 292 Å².